The standard InChI is InChI=1S/C18H17N3O3/c1-23-16-7-12-13(18(22)20-15(12)8-17(16)24-2)5-10-3-4-11-9-19-21-14(11)6-10/h3-6,8-9,12H,7H2,1-2H3,(H,19,21)(H,20,22)/b13-5+. The molecule has 6 heteroatoms. The molecule has 1 aromatic carbocycles. The van der Waals surface area contributed by atoms with Crippen LogP contribution in [0.3, 0.4) is 0 Å². The summed E-state index contributed by atoms with van der Waals surface area (Å²) in [6.45, 7) is 0. The monoisotopic (exact) mass is 323 g/mol. The van der Waals surface area contributed by atoms with Gasteiger partial charge in [-0.15, -0.1) is 0 Å². The van der Waals surface area contributed by atoms with E-state index < -0.39 is 0 Å². The second-order valence-corrected chi connectivity index (χ2v) is 5.82. The van der Waals surface area contributed by atoms with Gasteiger partial charge in [0.25, 0.3) is 5.91 Å². The van der Waals surface area contributed by atoms with Crippen molar-refractivity contribution in [3.8, 4) is 0 Å². The zero-order chi connectivity index (χ0) is 16.7. The van der Waals surface area contributed by atoms with Crippen LogP contribution >= 0.6 is 0 Å². The molecule has 0 spiro atoms. The topological polar surface area (TPSA) is 76.2 Å². The quantitative estimate of drug-likeness (QED) is 0.851. The van der Waals surface area contributed by atoms with Crippen molar-refractivity contribution in [1.82, 2.24) is 15.5 Å². The summed E-state index contributed by atoms with van der Waals surface area (Å²) in [4.78, 5) is 12.4. The van der Waals surface area contributed by atoms with Gasteiger partial charge >= 0.3 is 0 Å². The summed E-state index contributed by atoms with van der Waals surface area (Å²) in [6.07, 6.45) is 6.14. The molecule has 6 nitrogen and oxygen atoms in total. The van der Waals surface area contributed by atoms with Crippen LogP contribution in [0.1, 0.15) is 12.0 Å². The van der Waals surface area contributed by atoms with Crippen LogP contribution in [-0.2, 0) is 14.3 Å². The first-order valence-electron chi connectivity index (χ1n) is 7.68. The van der Waals surface area contributed by atoms with Gasteiger partial charge in [0.2, 0.25) is 0 Å². The smallest absolute Gasteiger partial charge is 0.252 e. The molecule has 1 aliphatic carbocycles. The van der Waals surface area contributed by atoms with Gasteiger partial charge in [0.15, 0.2) is 5.76 Å². The zero-order valence-electron chi connectivity index (χ0n) is 13.4. The minimum absolute atomic E-state index is 0.0381. The van der Waals surface area contributed by atoms with Crippen molar-refractivity contribution in [2.24, 2.45) is 5.92 Å². The van der Waals surface area contributed by atoms with Gasteiger partial charge in [0.05, 0.1) is 25.9 Å². The number of aromatic amines is 1. The van der Waals surface area contributed by atoms with E-state index in [0.717, 1.165) is 33.5 Å². The highest BCUT2D eigenvalue weighted by Gasteiger charge is 2.37. The Hall–Kier alpha value is -3.02. The first kappa shape index (κ1) is 14.6. The van der Waals surface area contributed by atoms with Crippen LogP contribution in [0.15, 0.2) is 53.3 Å². The average Bonchev–Trinajstić information content (AvgIpc) is 3.17. The summed E-state index contributed by atoms with van der Waals surface area (Å²) < 4.78 is 10.7. The molecule has 1 aliphatic heterocycles. The van der Waals surface area contributed by atoms with Crippen molar-refractivity contribution in [2.75, 3.05) is 14.2 Å². The fourth-order valence-corrected chi connectivity index (χ4v) is 3.23. The highest BCUT2D eigenvalue weighted by atomic mass is 16.5. The third-order valence-corrected chi connectivity index (χ3v) is 4.48. The minimum Gasteiger partial charge on any atom is -0.497 e. The Labute approximate surface area is 138 Å². The second kappa shape index (κ2) is 5.56. The Kier molecular flexibility index (Phi) is 3.37. The van der Waals surface area contributed by atoms with E-state index in [9.17, 15) is 4.79 Å². The number of hydrogen-bond donors (Lipinski definition) is 2. The maximum Gasteiger partial charge on any atom is 0.252 e. The van der Waals surface area contributed by atoms with Crippen molar-refractivity contribution in [3.63, 3.8) is 0 Å². The summed E-state index contributed by atoms with van der Waals surface area (Å²) in [5.74, 6) is 1.29. The molecule has 0 saturated carbocycles. The first-order chi connectivity index (χ1) is 11.7. The van der Waals surface area contributed by atoms with Gasteiger partial charge in [-0.3, -0.25) is 9.89 Å². The minimum atomic E-state index is -0.0798. The third kappa shape index (κ3) is 2.27. The molecule has 1 unspecified atom stereocenters. The lowest BCUT2D eigenvalue weighted by molar-refractivity contribution is -0.115. The number of aromatic nitrogens is 2. The van der Waals surface area contributed by atoms with E-state index >= 15 is 0 Å². The van der Waals surface area contributed by atoms with Gasteiger partial charge in [-0.2, -0.15) is 5.10 Å². The maximum absolute atomic E-state index is 12.4. The van der Waals surface area contributed by atoms with Gasteiger partial charge in [0.1, 0.15) is 5.76 Å². The summed E-state index contributed by atoms with van der Waals surface area (Å²) in [6, 6.07) is 5.95. The predicted octanol–water partition coefficient (Wildman–Crippen LogP) is 2.48. The molecular formula is C18H17N3O3. The molecule has 2 aliphatic rings. The lowest BCUT2D eigenvalue weighted by atomic mass is 9.89. The Morgan fingerprint density at radius 3 is 2.96 bits per heavy atom. The van der Waals surface area contributed by atoms with E-state index in [0.29, 0.717) is 12.2 Å². The van der Waals surface area contributed by atoms with E-state index in [1.165, 1.54) is 0 Å². The Morgan fingerprint density at radius 1 is 1.29 bits per heavy atom. The molecule has 0 bridgehead atoms. The Morgan fingerprint density at radius 2 is 2.17 bits per heavy atom. The van der Waals surface area contributed by atoms with Crippen LogP contribution in [0.5, 0.6) is 0 Å². The van der Waals surface area contributed by atoms with Crippen molar-refractivity contribution < 1.29 is 14.3 Å². The number of benzene rings is 1. The van der Waals surface area contributed by atoms with Crippen LogP contribution in [0.4, 0.5) is 0 Å². The van der Waals surface area contributed by atoms with Crippen LogP contribution in [0, 0.1) is 5.92 Å². The van der Waals surface area contributed by atoms with E-state index in [4.69, 9.17) is 9.47 Å². The summed E-state index contributed by atoms with van der Waals surface area (Å²) >= 11 is 0. The average molecular weight is 323 g/mol. The number of allylic oxidation sites excluding steroid dienone is 3. The second-order valence-electron chi connectivity index (χ2n) is 5.82. The maximum atomic E-state index is 12.4. The predicted molar refractivity (Wildman–Crippen MR) is 89.4 cm³/mol. The highest BCUT2D eigenvalue weighted by molar-refractivity contribution is 6.03. The fraction of sp³-hybridized carbons (Fsp3) is 0.222. The molecule has 0 radical (unpaired) electrons. The molecule has 2 aromatic rings. The number of methoxy groups -OCH3 is 2. The Bertz CT molecular complexity index is 920. The van der Waals surface area contributed by atoms with Gasteiger partial charge in [-0.1, -0.05) is 12.1 Å². The number of nitrogens with zero attached hydrogens (tertiary/aromatic N) is 1. The number of amides is 1. The van der Waals surface area contributed by atoms with Gasteiger partial charge < -0.3 is 14.8 Å². The van der Waals surface area contributed by atoms with E-state index in [1.54, 1.807) is 20.4 Å². The molecule has 2 heterocycles. The van der Waals surface area contributed by atoms with Crippen molar-refractivity contribution in [2.45, 2.75) is 6.42 Å². The number of carbonyl (C=O) groups excluding carboxylic acids is 1. The summed E-state index contributed by atoms with van der Waals surface area (Å²) in [7, 11) is 3.21. The van der Waals surface area contributed by atoms with E-state index in [-0.39, 0.29) is 11.8 Å². The lowest BCUT2D eigenvalue weighted by Gasteiger charge is -2.21. The van der Waals surface area contributed by atoms with Crippen molar-refractivity contribution in [1.29, 1.82) is 0 Å². The van der Waals surface area contributed by atoms with E-state index in [2.05, 4.69) is 15.5 Å². The number of H-pyrrole nitrogens is 1. The van der Waals surface area contributed by atoms with Gasteiger partial charge in [-0.05, 0) is 17.7 Å². The van der Waals surface area contributed by atoms with Crippen LogP contribution in [0.25, 0.3) is 17.0 Å². The molecule has 122 valence electrons. The number of ether oxygens (including phenoxy) is 2. The molecular weight excluding hydrogens is 306 g/mol. The first-order valence-corrected chi connectivity index (χ1v) is 7.68. The number of hydrogen-bond acceptors (Lipinski definition) is 4. The van der Waals surface area contributed by atoms with Crippen LogP contribution in [-0.4, -0.2) is 30.3 Å². The normalized spacial score (nSPS) is 21.8. The van der Waals surface area contributed by atoms with Crippen molar-refractivity contribution >= 4 is 22.9 Å². The molecule has 1 saturated heterocycles. The summed E-state index contributed by atoms with van der Waals surface area (Å²) in [5.41, 5.74) is 3.48. The van der Waals surface area contributed by atoms with E-state index in [1.807, 2.05) is 30.4 Å². The molecule has 1 amide bonds. The molecule has 1 aromatic heterocycles. The zero-order valence-corrected chi connectivity index (χ0v) is 13.4. The van der Waals surface area contributed by atoms with Crippen LogP contribution in [0.2, 0.25) is 0 Å². The number of rotatable bonds is 3. The molecule has 1 fully saturated rings. The number of fused-ring (bicyclic) bond motifs is 2. The van der Waals surface area contributed by atoms with Gasteiger partial charge in [-0.25, -0.2) is 0 Å². The molecule has 24 heavy (non-hydrogen) atoms. The number of nitrogens with one attached hydrogen (secondary N) is 2. The summed E-state index contributed by atoms with van der Waals surface area (Å²) in [5, 5.41) is 10.9. The fourth-order valence-electron chi connectivity index (χ4n) is 3.23. The number of carbonyl (C=O) groups is 1. The third-order valence-electron chi connectivity index (χ3n) is 4.48. The SMILES string of the molecule is COC1=C(OC)CC2C(=C1)NC(=O)/C2=C/c1ccc2cn[nH]c2c1. The van der Waals surface area contributed by atoms with Crippen molar-refractivity contribution in [3.05, 3.63) is 58.8 Å². The Balaban J connectivity index is 1.72. The van der Waals surface area contributed by atoms with Gasteiger partial charge in [0, 0.05) is 35.1 Å². The largest absolute Gasteiger partial charge is 0.497 e. The van der Waals surface area contributed by atoms with Crippen LogP contribution < -0.4 is 5.32 Å². The molecule has 4 rings (SSSR count). The lowest BCUT2D eigenvalue weighted by Crippen LogP contribution is -2.16. The highest BCUT2D eigenvalue weighted by Crippen LogP contribution is 2.38. The molecule has 1 atom stereocenters. The molecule has 2 N–H and O–H groups in total.